The van der Waals surface area contributed by atoms with Gasteiger partial charge in [0, 0.05) is 55.4 Å². The van der Waals surface area contributed by atoms with E-state index in [2.05, 4.69) is 84.6 Å². The molecule has 0 amide bonds. The van der Waals surface area contributed by atoms with Crippen molar-refractivity contribution in [1.29, 1.82) is 10.5 Å². The summed E-state index contributed by atoms with van der Waals surface area (Å²) < 4.78 is 10.2. The minimum Gasteiger partial charge on any atom is -0.494 e. The number of ether oxygens (including phenoxy) is 1. The molecule has 8 nitrogen and oxygen atoms in total. The Balaban J connectivity index is 1.13. The van der Waals surface area contributed by atoms with Crippen molar-refractivity contribution in [3.8, 4) is 38.8 Å². The molecule has 7 rings (SSSR count). The molecule has 12 heteroatoms. The number of carbonyl (C=O) groups is 2. The lowest BCUT2D eigenvalue weighted by Crippen LogP contribution is -2.10. The number of anilines is 3. The predicted octanol–water partition coefficient (Wildman–Crippen LogP) is 13.8. The molecule has 4 aromatic heterocycles. The summed E-state index contributed by atoms with van der Waals surface area (Å²) in [4.78, 5) is 28.5. The van der Waals surface area contributed by atoms with Crippen LogP contribution in [0.5, 0.6) is 5.75 Å². The summed E-state index contributed by atoms with van der Waals surface area (Å²) in [6, 6.07) is 36.7. The Morgan fingerprint density at radius 2 is 1.02 bits per heavy atom. The van der Waals surface area contributed by atoms with E-state index < -0.39 is 11.9 Å². The van der Waals surface area contributed by atoms with Gasteiger partial charge < -0.3 is 19.8 Å². The first kappa shape index (κ1) is 40.2. The summed E-state index contributed by atoms with van der Waals surface area (Å²) in [6.07, 6.45) is 10.1. The van der Waals surface area contributed by atoms with Gasteiger partial charge in [-0.3, -0.25) is 0 Å². The van der Waals surface area contributed by atoms with E-state index >= 15 is 0 Å². The van der Waals surface area contributed by atoms with Gasteiger partial charge in [0.1, 0.15) is 29.0 Å². The van der Waals surface area contributed by atoms with Gasteiger partial charge in [-0.15, -0.1) is 45.3 Å². The molecule has 0 saturated heterocycles. The minimum absolute atomic E-state index is 0.287. The predicted molar refractivity (Wildman–Crippen MR) is 240 cm³/mol. The van der Waals surface area contributed by atoms with Gasteiger partial charge in [-0.2, -0.15) is 10.5 Å². The molecule has 0 atom stereocenters. The number of nitrogens with zero attached hydrogens (tertiary/aromatic N) is 3. The van der Waals surface area contributed by atoms with Crippen molar-refractivity contribution in [1.82, 2.24) is 0 Å². The van der Waals surface area contributed by atoms with Crippen LogP contribution >= 0.6 is 45.3 Å². The Bertz CT molecular complexity index is 2500. The van der Waals surface area contributed by atoms with Crippen molar-refractivity contribution in [3.05, 3.63) is 118 Å². The van der Waals surface area contributed by atoms with E-state index in [1.165, 1.54) is 66.9 Å². The van der Waals surface area contributed by atoms with Crippen molar-refractivity contribution in [3.63, 3.8) is 0 Å². The molecule has 0 radical (unpaired) electrons. The second-order valence-corrected chi connectivity index (χ2v) is 17.9. The van der Waals surface area contributed by atoms with Crippen LogP contribution in [0.1, 0.15) is 55.2 Å². The van der Waals surface area contributed by atoms with Crippen LogP contribution in [-0.4, -0.2) is 28.8 Å². The maximum atomic E-state index is 11.3. The van der Waals surface area contributed by atoms with Crippen LogP contribution in [0, 0.1) is 22.7 Å². The van der Waals surface area contributed by atoms with Gasteiger partial charge in [-0.25, -0.2) is 9.59 Å². The molecule has 0 unspecified atom stereocenters. The molecule has 7 aromatic rings. The van der Waals surface area contributed by atoms with E-state index in [1.54, 1.807) is 34.8 Å². The highest BCUT2D eigenvalue weighted by molar-refractivity contribution is 7.30. The number of carboxylic acid groups (broad SMARTS) is 2. The lowest BCUT2D eigenvalue weighted by atomic mass is 10.1. The number of unbranched alkanes of at least 4 members (excludes halogenated alkanes) is 5. The zero-order valence-electron chi connectivity index (χ0n) is 31.4. The maximum absolute atomic E-state index is 11.3. The minimum atomic E-state index is -1.23. The van der Waals surface area contributed by atoms with E-state index in [9.17, 15) is 19.8 Å². The molecule has 0 fully saturated rings. The number of aliphatic carboxylic acids is 2. The van der Waals surface area contributed by atoms with Gasteiger partial charge in [-0.05, 0) is 102 Å². The van der Waals surface area contributed by atoms with Crippen LogP contribution in [0.15, 0.2) is 108 Å². The quantitative estimate of drug-likeness (QED) is 0.0526. The summed E-state index contributed by atoms with van der Waals surface area (Å²) >= 11 is 6.18. The Morgan fingerprint density at radius 1 is 0.603 bits per heavy atom. The molecule has 0 spiro atoms. The fourth-order valence-corrected chi connectivity index (χ4v) is 11.2. The van der Waals surface area contributed by atoms with Gasteiger partial charge in [-0.1, -0.05) is 63.3 Å². The Morgan fingerprint density at radius 3 is 1.43 bits per heavy atom. The summed E-state index contributed by atoms with van der Waals surface area (Å²) in [5.41, 5.74) is 4.50. The largest absolute Gasteiger partial charge is 0.494 e. The van der Waals surface area contributed by atoms with Gasteiger partial charge >= 0.3 is 11.9 Å². The number of thiophene rings is 4. The second kappa shape index (κ2) is 18.5. The number of benzene rings is 3. The molecule has 4 heterocycles. The average molecular weight is 840 g/mol. The van der Waals surface area contributed by atoms with Crippen LogP contribution in [0.3, 0.4) is 0 Å². The fourth-order valence-electron chi connectivity index (χ4n) is 6.46. The number of hydrogen-bond acceptors (Lipinski definition) is 10. The maximum Gasteiger partial charge on any atom is 0.346 e. The normalized spacial score (nSPS) is 11.8. The highest BCUT2D eigenvalue weighted by Gasteiger charge is 2.17. The van der Waals surface area contributed by atoms with E-state index in [1.807, 2.05) is 24.3 Å². The van der Waals surface area contributed by atoms with Crippen molar-refractivity contribution in [2.24, 2.45) is 0 Å². The molecule has 2 N–H and O–H groups in total. The van der Waals surface area contributed by atoms with E-state index in [4.69, 9.17) is 15.3 Å². The third-order valence-electron chi connectivity index (χ3n) is 9.41. The van der Waals surface area contributed by atoms with Crippen LogP contribution in [0.2, 0.25) is 0 Å². The molecule has 3 aromatic carbocycles. The van der Waals surface area contributed by atoms with Gasteiger partial charge in [0.15, 0.2) is 0 Å². The molecular formula is C46H37N3O5S4. The fraction of sp³-hybridized carbons (Fsp3) is 0.174. The van der Waals surface area contributed by atoms with E-state index in [-0.39, 0.29) is 11.1 Å². The summed E-state index contributed by atoms with van der Waals surface area (Å²) in [5, 5.41) is 36.8. The standard InChI is InChI=1S/C46H37N3O5S4/c1-2-3-4-5-6-7-20-54-36-18-16-35(17-19-36)49(33-12-8-29(9-13-33)39-25-43-41(57-39)23-37(55-43)21-31(27-47)45(50)51)34-14-10-30(11-15-34)40-26-44-42(58-40)24-38(56-44)22-32(28-48)46(52)53/h8-19,21-26H,2-7,20H2,1H3,(H,50,51)(H,52,53). The number of nitriles is 2. The third kappa shape index (κ3) is 9.39. The third-order valence-corrected chi connectivity index (χ3v) is 14.0. The van der Waals surface area contributed by atoms with Crippen molar-refractivity contribution >= 4 is 105 Å². The Labute approximate surface area is 352 Å². The van der Waals surface area contributed by atoms with Crippen molar-refractivity contribution < 1.29 is 24.5 Å². The lowest BCUT2D eigenvalue weighted by Gasteiger charge is -2.26. The molecule has 0 aliphatic rings. The molecule has 58 heavy (non-hydrogen) atoms. The van der Waals surface area contributed by atoms with Crippen LogP contribution < -0.4 is 9.64 Å². The lowest BCUT2D eigenvalue weighted by molar-refractivity contribution is -0.133. The molecule has 0 aliphatic carbocycles. The van der Waals surface area contributed by atoms with Crippen LogP contribution in [-0.2, 0) is 9.59 Å². The second-order valence-electron chi connectivity index (χ2n) is 13.5. The Hall–Kier alpha value is -6.02. The van der Waals surface area contributed by atoms with Crippen LogP contribution in [0.25, 0.3) is 51.8 Å². The summed E-state index contributed by atoms with van der Waals surface area (Å²) in [7, 11) is 0. The number of rotatable bonds is 17. The Kier molecular flexibility index (Phi) is 12.8. The first-order valence-corrected chi connectivity index (χ1v) is 22.0. The summed E-state index contributed by atoms with van der Waals surface area (Å²) in [5.74, 6) is -1.63. The average Bonchev–Trinajstić information content (AvgIpc) is 4.00. The van der Waals surface area contributed by atoms with E-state index in [0.717, 1.165) is 78.7 Å². The molecule has 290 valence electrons. The first-order chi connectivity index (χ1) is 28.2. The van der Waals surface area contributed by atoms with Crippen molar-refractivity contribution in [2.45, 2.75) is 45.4 Å². The van der Waals surface area contributed by atoms with Gasteiger partial charge in [0.25, 0.3) is 0 Å². The summed E-state index contributed by atoms with van der Waals surface area (Å²) in [6.45, 7) is 2.92. The number of hydrogen-bond donors (Lipinski definition) is 2. The zero-order chi connectivity index (χ0) is 40.6. The van der Waals surface area contributed by atoms with Gasteiger partial charge in [0.2, 0.25) is 0 Å². The number of carboxylic acids is 2. The molecule has 0 saturated carbocycles. The number of fused-ring (bicyclic) bond motifs is 2. The molecule has 0 aliphatic heterocycles. The van der Waals surface area contributed by atoms with Gasteiger partial charge in [0.05, 0.1) is 6.61 Å². The van der Waals surface area contributed by atoms with Crippen molar-refractivity contribution in [2.75, 3.05) is 11.5 Å². The SMILES string of the molecule is CCCCCCCCOc1ccc(N(c2ccc(-c3cc4sc(C=C(C#N)C(=O)O)cc4s3)cc2)c2ccc(-c3cc4sc(C=C(C#N)C(=O)O)cc4s3)cc2)cc1. The monoisotopic (exact) mass is 839 g/mol. The smallest absolute Gasteiger partial charge is 0.346 e. The highest BCUT2D eigenvalue weighted by Crippen LogP contribution is 2.43. The molecular weight excluding hydrogens is 803 g/mol. The first-order valence-electron chi connectivity index (χ1n) is 18.7. The zero-order valence-corrected chi connectivity index (χ0v) is 34.7. The van der Waals surface area contributed by atoms with Crippen LogP contribution in [0.4, 0.5) is 17.1 Å². The highest BCUT2D eigenvalue weighted by atomic mass is 32.1. The topological polar surface area (TPSA) is 135 Å². The van der Waals surface area contributed by atoms with E-state index in [0.29, 0.717) is 6.61 Å². The molecule has 0 bridgehead atoms.